The van der Waals surface area contributed by atoms with Gasteiger partial charge in [-0.25, -0.2) is 8.42 Å². The Hall–Kier alpha value is -0.880. The van der Waals surface area contributed by atoms with Crippen molar-refractivity contribution < 1.29 is 8.42 Å². The van der Waals surface area contributed by atoms with Gasteiger partial charge in [0, 0.05) is 13.2 Å². The van der Waals surface area contributed by atoms with Crippen molar-refractivity contribution in [3.05, 3.63) is 18.0 Å². The van der Waals surface area contributed by atoms with Gasteiger partial charge in [0.2, 0.25) is 0 Å². The van der Waals surface area contributed by atoms with Crippen LogP contribution in [0.5, 0.6) is 0 Å². The van der Waals surface area contributed by atoms with E-state index in [9.17, 15) is 8.42 Å². The van der Waals surface area contributed by atoms with E-state index in [-0.39, 0.29) is 17.7 Å². The number of nitrogens with zero attached hydrogens (tertiary/aromatic N) is 2. The van der Waals surface area contributed by atoms with Crippen molar-refractivity contribution in [1.82, 2.24) is 15.1 Å². The Kier molecular flexibility index (Phi) is 3.03. The van der Waals surface area contributed by atoms with E-state index in [1.807, 2.05) is 20.2 Å². The molecule has 1 aromatic rings. The van der Waals surface area contributed by atoms with E-state index in [0.717, 1.165) is 12.1 Å². The summed E-state index contributed by atoms with van der Waals surface area (Å²) in [6.45, 7) is 0. The molecule has 5 nitrogen and oxygen atoms in total. The summed E-state index contributed by atoms with van der Waals surface area (Å²) in [5, 5.41) is 7.32. The van der Waals surface area contributed by atoms with Gasteiger partial charge >= 0.3 is 0 Å². The molecule has 16 heavy (non-hydrogen) atoms. The zero-order valence-electron chi connectivity index (χ0n) is 9.55. The molecule has 1 saturated heterocycles. The zero-order chi connectivity index (χ0) is 11.8. The fraction of sp³-hybridized carbons (Fsp3) is 0.700. The number of rotatable bonds is 3. The summed E-state index contributed by atoms with van der Waals surface area (Å²) in [6.07, 6.45) is 2.47. The SMILES string of the molecule is CNC(c1ccnn1C)C1CCS(=O)(=O)C1. The van der Waals surface area contributed by atoms with Crippen LogP contribution in [-0.4, -0.2) is 36.8 Å². The second kappa shape index (κ2) is 4.18. The second-order valence-electron chi connectivity index (χ2n) is 4.31. The number of aryl methyl sites for hydroxylation is 1. The highest BCUT2D eigenvalue weighted by Crippen LogP contribution is 2.30. The second-order valence-corrected chi connectivity index (χ2v) is 6.54. The maximum atomic E-state index is 11.5. The molecule has 0 aliphatic carbocycles. The summed E-state index contributed by atoms with van der Waals surface area (Å²) in [5.74, 6) is 0.752. The molecule has 2 atom stereocenters. The Bertz CT molecular complexity index is 466. The van der Waals surface area contributed by atoms with Crippen molar-refractivity contribution in [3.63, 3.8) is 0 Å². The van der Waals surface area contributed by atoms with Gasteiger partial charge in [0.15, 0.2) is 9.84 Å². The van der Waals surface area contributed by atoms with E-state index in [2.05, 4.69) is 10.4 Å². The third-order valence-electron chi connectivity index (χ3n) is 3.23. The average molecular weight is 243 g/mol. The highest BCUT2D eigenvalue weighted by molar-refractivity contribution is 7.91. The Balaban J connectivity index is 2.22. The van der Waals surface area contributed by atoms with Crippen molar-refractivity contribution in [2.75, 3.05) is 18.6 Å². The monoisotopic (exact) mass is 243 g/mol. The molecule has 1 aliphatic rings. The normalized spacial score (nSPS) is 25.8. The van der Waals surface area contributed by atoms with Crippen LogP contribution in [0.2, 0.25) is 0 Å². The Labute approximate surface area is 95.8 Å². The first-order valence-electron chi connectivity index (χ1n) is 5.39. The van der Waals surface area contributed by atoms with Crippen LogP contribution in [0.15, 0.2) is 12.3 Å². The molecular formula is C10H17N3O2S. The molecule has 0 saturated carbocycles. The van der Waals surface area contributed by atoms with Gasteiger partial charge in [0.1, 0.15) is 0 Å². The van der Waals surface area contributed by atoms with Crippen LogP contribution in [-0.2, 0) is 16.9 Å². The summed E-state index contributed by atoms with van der Waals surface area (Å²) in [4.78, 5) is 0. The minimum absolute atomic E-state index is 0.0739. The number of sulfone groups is 1. The third-order valence-corrected chi connectivity index (χ3v) is 5.02. The average Bonchev–Trinajstić information content (AvgIpc) is 2.76. The van der Waals surface area contributed by atoms with Gasteiger partial charge in [-0.2, -0.15) is 5.10 Å². The lowest BCUT2D eigenvalue weighted by molar-refractivity contribution is 0.396. The number of hydrogen-bond donors (Lipinski definition) is 1. The molecule has 0 aromatic carbocycles. The van der Waals surface area contributed by atoms with Crippen molar-refractivity contribution in [2.24, 2.45) is 13.0 Å². The first kappa shape index (κ1) is 11.6. The van der Waals surface area contributed by atoms with E-state index in [1.165, 1.54) is 0 Å². The fourth-order valence-corrected chi connectivity index (χ4v) is 4.24. The fourth-order valence-electron chi connectivity index (χ4n) is 2.40. The highest BCUT2D eigenvalue weighted by Gasteiger charge is 2.34. The van der Waals surface area contributed by atoms with Gasteiger partial charge < -0.3 is 5.32 Å². The molecule has 1 aliphatic heterocycles. The minimum atomic E-state index is -2.82. The van der Waals surface area contributed by atoms with Gasteiger partial charge in [-0.3, -0.25) is 4.68 Å². The number of aromatic nitrogens is 2. The maximum Gasteiger partial charge on any atom is 0.150 e. The summed E-state index contributed by atoms with van der Waals surface area (Å²) in [6, 6.07) is 2.01. The Morgan fingerprint density at radius 1 is 1.62 bits per heavy atom. The van der Waals surface area contributed by atoms with Crippen molar-refractivity contribution in [2.45, 2.75) is 12.5 Å². The first-order valence-corrected chi connectivity index (χ1v) is 7.21. The maximum absolute atomic E-state index is 11.5. The van der Waals surface area contributed by atoms with Gasteiger partial charge in [-0.15, -0.1) is 0 Å². The molecule has 0 radical (unpaired) electrons. The minimum Gasteiger partial charge on any atom is -0.311 e. The van der Waals surface area contributed by atoms with Crippen LogP contribution < -0.4 is 5.32 Å². The first-order chi connectivity index (χ1) is 7.53. The van der Waals surface area contributed by atoms with Gasteiger partial charge in [-0.05, 0) is 25.5 Å². The molecule has 1 N–H and O–H groups in total. The number of hydrogen-bond acceptors (Lipinski definition) is 4. The molecule has 2 heterocycles. The van der Waals surface area contributed by atoms with Crippen molar-refractivity contribution in [1.29, 1.82) is 0 Å². The van der Waals surface area contributed by atoms with Crippen LogP contribution in [0, 0.1) is 5.92 Å². The van der Waals surface area contributed by atoms with Gasteiger partial charge in [-0.1, -0.05) is 0 Å². The van der Waals surface area contributed by atoms with Gasteiger partial charge in [0.25, 0.3) is 0 Å². The topological polar surface area (TPSA) is 64.0 Å². The quantitative estimate of drug-likeness (QED) is 0.818. The molecule has 2 unspecified atom stereocenters. The third kappa shape index (κ3) is 2.12. The smallest absolute Gasteiger partial charge is 0.150 e. The molecule has 0 spiro atoms. The molecule has 6 heteroatoms. The molecule has 90 valence electrons. The standard InChI is InChI=1S/C10H17N3O2S/c1-11-10(9-3-5-12-13(9)2)8-4-6-16(14,15)7-8/h3,5,8,10-11H,4,6-7H2,1-2H3. The molecule has 1 aromatic heterocycles. The van der Waals surface area contributed by atoms with Crippen LogP contribution in [0.3, 0.4) is 0 Å². The molecule has 2 rings (SSSR count). The summed E-state index contributed by atoms with van der Waals surface area (Å²) in [5.41, 5.74) is 1.05. The van der Waals surface area contributed by atoms with Crippen molar-refractivity contribution in [3.8, 4) is 0 Å². The van der Waals surface area contributed by atoms with Gasteiger partial charge in [0.05, 0.1) is 23.2 Å². The Morgan fingerprint density at radius 3 is 2.81 bits per heavy atom. The lowest BCUT2D eigenvalue weighted by atomic mass is 9.96. The van der Waals surface area contributed by atoms with Crippen LogP contribution in [0.25, 0.3) is 0 Å². The van der Waals surface area contributed by atoms with Crippen molar-refractivity contribution >= 4 is 9.84 Å². The van der Waals surface area contributed by atoms with E-state index in [4.69, 9.17) is 0 Å². The van der Waals surface area contributed by atoms with E-state index >= 15 is 0 Å². The van der Waals surface area contributed by atoms with E-state index in [0.29, 0.717) is 5.75 Å². The lowest BCUT2D eigenvalue weighted by Crippen LogP contribution is -2.28. The molecular weight excluding hydrogens is 226 g/mol. The van der Waals surface area contributed by atoms with Crippen LogP contribution >= 0.6 is 0 Å². The zero-order valence-corrected chi connectivity index (χ0v) is 10.4. The molecule has 0 bridgehead atoms. The van der Waals surface area contributed by atoms with Crippen LogP contribution in [0.4, 0.5) is 0 Å². The predicted octanol–water partition coefficient (Wildman–Crippen LogP) is 0.115. The predicted molar refractivity (Wildman–Crippen MR) is 61.8 cm³/mol. The number of nitrogens with one attached hydrogen (secondary N) is 1. The molecule has 1 fully saturated rings. The Morgan fingerprint density at radius 2 is 2.38 bits per heavy atom. The summed E-state index contributed by atoms with van der Waals surface area (Å²) >= 11 is 0. The van der Waals surface area contributed by atoms with E-state index in [1.54, 1.807) is 10.9 Å². The van der Waals surface area contributed by atoms with Crippen LogP contribution in [0.1, 0.15) is 18.2 Å². The molecule has 0 amide bonds. The largest absolute Gasteiger partial charge is 0.311 e. The lowest BCUT2D eigenvalue weighted by Gasteiger charge is -2.22. The highest BCUT2D eigenvalue weighted by atomic mass is 32.2. The summed E-state index contributed by atoms with van der Waals surface area (Å²) < 4.78 is 24.7. The summed E-state index contributed by atoms with van der Waals surface area (Å²) in [7, 11) is 0.918. The van der Waals surface area contributed by atoms with E-state index < -0.39 is 9.84 Å².